The summed E-state index contributed by atoms with van der Waals surface area (Å²) in [6.45, 7) is 0. The second-order valence-electron chi connectivity index (χ2n) is 2.32. The molecule has 0 amide bonds. The van der Waals surface area contributed by atoms with E-state index in [0.717, 1.165) is 6.20 Å². The number of aromatic nitrogens is 1. The van der Waals surface area contributed by atoms with Gasteiger partial charge < -0.3 is 4.74 Å². The van der Waals surface area contributed by atoms with E-state index in [1.807, 2.05) is 0 Å². The van der Waals surface area contributed by atoms with Crippen molar-refractivity contribution in [1.29, 1.82) is 5.26 Å². The topological polar surface area (TPSA) is 45.9 Å². The fourth-order valence-electron chi connectivity index (χ4n) is 0.904. The Balaban J connectivity index is 3.38. The highest BCUT2D eigenvalue weighted by Gasteiger charge is 2.19. The van der Waals surface area contributed by atoms with Gasteiger partial charge in [-0.05, 0) is 15.9 Å². The Kier molecular flexibility index (Phi) is 3.36. The lowest BCUT2D eigenvalue weighted by atomic mass is 10.1. The third-order valence-corrected chi connectivity index (χ3v) is 2.29. The summed E-state index contributed by atoms with van der Waals surface area (Å²) in [5, 5.41) is 8.67. The van der Waals surface area contributed by atoms with Crippen LogP contribution in [0, 0.1) is 11.3 Å². The van der Waals surface area contributed by atoms with Crippen LogP contribution in [0.15, 0.2) is 10.7 Å². The Morgan fingerprint density at radius 3 is 2.71 bits per heavy atom. The highest BCUT2D eigenvalue weighted by atomic mass is 79.9. The smallest absolute Gasteiger partial charge is 0.266 e. The van der Waals surface area contributed by atoms with Crippen LogP contribution in [0.5, 0.6) is 5.88 Å². The van der Waals surface area contributed by atoms with Gasteiger partial charge in [0.05, 0.1) is 22.7 Å². The summed E-state index contributed by atoms with van der Waals surface area (Å²) in [6.07, 6.45) is -1.79. The molecular formula is C8H5BrF2N2O. The van der Waals surface area contributed by atoms with Crippen LogP contribution in [0.1, 0.15) is 17.6 Å². The van der Waals surface area contributed by atoms with Gasteiger partial charge in [0, 0.05) is 6.20 Å². The Labute approximate surface area is 87.5 Å². The monoisotopic (exact) mass is 262 g/mol. The SMILES string of the molecule is COc1ncc(C(F)F)c(C#N)c1Br. The van der Waals surface area contributed by atoms with Crippen molar-refractivity contribution in [3.8, 4) is 11.9 Å². The van der Waals surface area contributed by atoms with Crippen molar-refractivity contribution >= 4 is 15.9 Å². The quantitative estimate of drug-likeness (QED) is 0.823. The molecule has 0 spiro atoms. The minimum Gasteiger partial charge on any atom is -0.480 e. The van der Waals surface area contributed by atoms with E-state index in [1.54, 1.807) is 6.07 Å². The molecule has 0 atom stereocenters. The first kappa shape index (κ1) is 10.9. The van der Waals surface area contributed by atoms with Crippen molar-refractivity contribution in [2.24, 2.45) is 0 Å². The zero-order chi connectivity index (χ0) is 10.7. The van der Waals surface area contributed by atoms with Gasteiger partial charge in [-0.25, -0.2) is 13.8 Å². The predicted molar refractivity (Wildman–Crippen MR) is 48.2 cm³/mol. The first-order valence-electron chi connectivity index (χ1n) is 3.52. The van der Waals surface area contributed by atoms with E-state index in [2.05, 4.69) is 20.9 Å². The van der Waals surface area contributed by atoms with E-state index in [1.165, 1.54) is 7.11 Å². The fraction of sp³-hybridized carbons (Fsp3) is 0.250. The van der Waals surface area contributed by atoms with Crippen molar-refractivity contribution < 1.29 is 13.5 Å². The first-order chi connectivity index (χ1) is 6.61. The van der Waals surface area contributed by atoms with Gasteiger partial charge in [-0.1, -0.05) is 0 Å². The summed E-state index contributed by atoms with van der Waals surface area (Å²) in [6, 6.07) is 1.67. The van der Waals surface area contributed by atoms with Gasteiger partial charge in [0.2, 0.25) is 5.88 Å². The molecule has 3 nitrogen and oxygen atoms in total. The Hall–Kier alpha value is -1.22. The molecule has 74 valence electrons. The van der Waals surface area contributed by atoms with Crippen LogP contribution in [-0.4, -0.2) is 12.1 Å². The van der Waals surface area contributed by atoms with E-state index in [0.29, 0.717) is 0 Å². The maximum atomic E-state index is 12.4. The number of pyridine rings is 1. The summed E-state index contributed by atoms with van der Waals surface area (Å²) in [5.41, 5.74) is -0.549. The molecule has 6 heteroatoms. The molecule has 0 aliphatic heterocycles. The van der Waals surface area contributed by atoms with Crippen molar-refractivity contribution in [2.75, 3.05) is 7.11 Å². The first-order valence-corrected chi connectivity index (χ1v) is 4.31. The summed E-state index contributed by atoms with van der Waals surface area (Å²) in [4.78, 5) is 3.63. The lowest BCUT2D eigenvalue weighted by molar-refractivity contribution is 0.150. The number of rotatable bonds is 2. The van der Waals surface area contributed by atoms with E-state index < -0.39 is 12.0 Å². The van der Waals surface area contributed by atoms with Gasteiger partial charge in [-0.15, -0.1) is 0 Å². The third kappa shape index (κ3) is 1.82. The number of hydrogen-bond donors (Lipinski definition) is 0. The summed E-state index contributed by atoms with van der Waals surface area (Å²) >= 11 is 2.98. The van der Waals surface area contributed by atoms with E-state index in [4.69, 9.17) is 10.00 Å². The van der Waals surface area contributed by atoms with Gasteiger partial charge in [0.25, 0.3) is 6.43 Å². The maximum absolute atomic E-state index is 12.4. The molecule has 0 N–H and O–H groups in total. The largest absolute Gasteiger partial charge is 0.480 e. The van der Waals surface area contributed by atoms with Gasteiger partial charge in [-0.3, -0.25) is 0 Å². The van der Waals surface area contributed by atoms with Crippen LogP contribution in [0.25, 0.3) is 0 Å². The zero-order valence-corrected chi connectivity index (χ0v) is 8.68. The number of nitrogens with zero attached hydrogens (tertiary/aromatic N) is 2. The van der Waals surface area contributed by atoms with Crippen molar-refractivity contribution in [3.05, 3.63) is 21.8 Å². The Morgan fingerprint density at radius 1 is 1.64 bits per heavy atom. The minimum absolute atomic E-state index is 0.117. The molecule has 1 aromatic rings. The highest BCUT2D eigenvalue weighted by Crippen LogP contribution is 2.32. The number of alkyl halides is 2. The van der Waals surface area contributed by atoms with Crippen LogP contribution in [0.3, 0.4) is 0 Å². The molecule has 0 saturated heterocycles. The number of nitriles is 1. The fourth-order valence-corrected chi connectivity index (χ4v) is 1.49. The molecule has 0 fully saturated rings. The lowest BCUT2D eigenvalue weighted by Gasteiger charge is -2.07. The zero-order valence-electron chi connectivity index (χ0n) is 7.09. The molecule has 0 aliphatic carbocycles. The van der Waals surface area contributed by atoms with Crippen LogP contribution < -0.4 is 4.74 Å². The van der Waals surface area contributed by atoms with Crippen LogP contribution in [-0.2, 0) is 0 Å². The minimum atomic E-state index is -2.72. The van der Waals surface area contributed by atoms with Gasteiger partial charge in [-0.2, -0.15) is 5.26 Å². The Morgan fingerprint density at radius 2 is 2.29 bits per heavy atom. The number of methoxy groups -OCH3 is 1. The summed E-state index contributed by atoms with van der Waals surface area (Å²) in [5.74, 6) is 0.117. The average Bonchev–Trinajstić information content (AvgIpc) is 2.17. The van der Waals surface area contributed by atoms with E-state index in [9.17, 15) is 8.78 Å². The molecular weight excluding hydrogens is 258 g/mol. The maximum Gasteiger partial charge on any atom is 0.266 e. The molecule has 0 unspecified atom stereocenters. The second kappa shape index (κ2) is 4.33. The molecule has 1 heterocycles. The number of halogens is 3. The van der Waals surface area contributed by atoms with Gasteiger partial charge in [0.15, 0.2) is 0 Å². The summed E-state index contributed by atoms with van der Waals surface area (Å²) < 4.78 is 29.7. The van der Waals surface area contributed by atoms with Gasteiger partial charge >= 0.3 is 0 Å². The van der Waals surface area contributed by atoms with Crippen molar-refractivity contribution in [1.82, 2.24) is 4.98 Å². The molecule has 0 radical (unpaired) electrons. The molecule has 1 aromatic heterocycles. The van der Waals surface area contributed by atoms with Crippen LogP contribution in [0.4, 0.5) is 8.78 Å². The number of hydrogen-bond acceptors (Lipinski definition) is 3. The third-order valence-electron chi connectivity index (χ3n) is 1.56. The van der Waals surface area contributed by atoms with Crippen LogP contribution in [0.2, 0.25) is 0 Å². The normalized spacial score (nSPS) is 10.0. The van der Waals surface area contributed by atoms with Gasteiger partial charge in [0.1, 0.15) is 6.07 Å². The molecule has 0 saturated carbocycles. The summed E-state index contributed by atoms with van der Waals surface area (Å²) in [7, 11) is 1.34. The number of ether oxygens (including phenoxy) is 1. The Bertz CT molecular complexity index is 390. The molecule has 14 heavy (non-hydrogen) atoms. The average molecular weight is 263 g/mol. The van der Waals surface area contributed by atoms with Crippen LogP contribution >= 0.6 is 15.9 Å². The molecule has 1 rings (SSSR count). The predicted octanol–water partition coefficient (Wildman–Crippen LogP) is 2.66. The molecule has 0 aromatic carbocycles. The molecule has 0 aliphatic rings. The lowest BCUT2D eigenvalue weighted by Crippen LogP contribution is -1.97. The highest BCUT2D eigenvalue weighted by molar-refractivity contribution is 9.10. The van der Waals surface area contributed by atoms with E-state index in [-0.39, 0.29) is 15.9 Å². The standard InChI is InChI=1S/C8H5BrF2N2O/c1-14-8-6(9)4(2-12)5(3-13-8)7(10)11/h3,7H,1H3. The second-order valence-corrected chi connectivity index (χ2v) is 3.12. The van der Waals surface area contributed by atoms with Crippen molar-refractivity contribution in [3.63, 3.8) is 0 Å². The molecule has 0 bridgehead atoms. The van der Waals surface area contributed by atoms with Crippen molar-refractivity contribution in [2.45, 2.75) is 6.43 Å². The van der Waals surface area contributed by atoms with E-state index >= 15 is 0 Å².